The van der Waals surface area contributed by atoms with E-state index in [0.717, 1.165) is 19.6 Å². The fourth-order valence-electron chi connectivity index (χ4n) is 1.82. The smallest absolute Gasteiger partial charge is 0.234 e. The molecule has 1 saturated heterocycles. The highest BCUT2D eigenvalue weighted by atomic mass is 16.2. The lowest BCUT2D eigenvalue weighted by Gasteiger charge is -2.32. The van der Waals surface area contributed by atoms with Crippen molar-refractivity contribution in [1.29, 1.82) is 0 Å². The molecule has 0 aliphatic carbocycles. The molecule has 0 bridgehead atoms. The zero-order chi connectivity index (χ0) is 11.5. The summed E-state index contributed by atoms with van der Waals surface area (Å²) in [5, 5.41) is 6.34. The van der Waals surface area contributed by atoms with Crippen LogP contribution in [-0.2, 0) is 4.79 Å². The second-order valence-electron chi connectivity index (χ2n) is 5.39. The van der Waals surface area contributed by atoms with Crippen LogP contribution in [0, 0.1) is 0 Å². The second-order valence-corrected chi connectivity index (χ2v) is 5.39. The van der Waals surface area contributed by atoms with Gasteiger partial charge in [-0.2, -0.15) is 0 Å². The predicted octanol–water partition coefficient (Wildman–Crippen LogP) is 0.195. The zero-order valence-electron chi connectivity index (χ0n) is 10.3. The molecule has 0 saturated carbocycles. The van der Waals surface area contributed by atoms with Crippen LogP contribution in [0.1, 0.15) is 27.7 Å². The quantitative estimate of drug-likeness (QED) is 0.688. The van der Waals surface area contributed by atoms with E-state index in [1.807, 2.05) is 20.8 Å². The average molecular weight is 213 g/mol. The Balaban J connectivity index is 2.31. The van der Waals surface area contributed by atoms with Crippen molar-refractivity contribution in [3.63, 3.8) is 0 Å². The number of rotatable bonds is 2. The molecule has 0 aromatic rings. The lowest BCUT2D eigenvalue weighted by atomic mass is 10.1. The summed E-state index contributed by atoms with van der Waals surface area (Å²) in [5.74, 6) is 0.122. The van der Waals surface area contributed by atoms with E-state index in [1.54, 1.807) is 0 Å². The number of carbonyl (C=O) groups excluding carboxylic acids is 1. The molecule has 0 spiro atoms. The summed E-state index contributed by atoms with van der Waals surface area (Å²) in [5.41, 5.74) is -0.128. The fraction of sp³-hybridized carbons (Fsp3) is 0.909. The van der Waals surface area contributed by atoms with Gasteiger partial charge in [0.15, 0.2) is 0 Å². The third kappa shape index (κ3) is 5.14. The minimum absolute atomic E-state index is 0.122. The fourth-order valence-corrected chi connectivity index (χ4v) is 1.82. The van der Waals surface area contributed by atoms with E-state index in [9.17, 15) is 4.79 Å². The van der Waals surface area contributed by atoms with Gasteiger partial charge < -0.3 is 10.6 Å². The van der Waals surface area contributed by atoms with Gasteiger partial charge in [0.1, 0.15) is 0 Å². The molecule has 0 radical (unpaired) electrons. The Morgan fingerprint density at radius 2 is 2.20 bits per heavy atom. The minimum atomic E-state index is -0.128. The van der Waals surface area contributed by atoms with Crippen LogP contribution in [0.4, 0.5) is 0 Å². The van der Waals surface area contributed by atoms with Crippen molar-refractivity contribution in [1.82, 2.24) is 15.5 Å². The van der Waals surface area contributed by atoms with Gasteiger partial charge in [0.25, 0.3) is 0 Å². The summed E-state index contributed by atoms with van der Waals surface area (Å²) >= 11 is 0. The first-order chi connectivity index (χ1) is 6.87. The van der Waals surface area contributed by atoms with Crippen molar-refractivity contribution in [3.8, 4) is 0 Å². The van der Waals surface area contributed by atoms with Gasteiger partial charge in [-0.3, -0.25) is 9.69 Å². The summed E-state index contributed by atoms with van der Waals surface area (Å²) in [7, 11) is 0. The van der Waals surface area contributed by atoms with Crippen LogP contribution < -0.4 is 10.6 Å². The maximum Gasteiger partial charge on any atom is 0.234 e. The zero-order valence-corrected chi connectivity index (χ0v) is 10.3. The minimum Gasteiger partial charge on any atom is -0.350 e. The number of hydrogen-bond acceptors (Lipinski definition) is 3. The van der Waals surface area contributed by atoms with E-state index in [2.05, 4.69) is 22.5 Å². The summed E-state index contributed by atoms with van der Waals surface area (Å²) in [6, 6.07) is 0.487. The first-order valence-electron chi connectivity index (χ1n) is 5.63. The molecule has 0 aromatic heterocycles. The third-order valence-electron chi connectivity index (χ3n) is 2.33. The highest BCUT2D eigenvalue weighted by Crippen LogP contribution is 2.01. The third-order valence-corrected chi connectivity index (χ3v) is 2.33. The van der Waals surface area contributed by atoms with Crippen molar-refractivity contribution in [2.24, 2.45) is 0 Å². The number of nitrogens with one attached hydrogen (secondary N) is 2. The molecule has 4 nitrogen and oxygen atoms in total. The van der Waals surface area contributed by atoms with E-state index in [0.29, 0.717) is 12.6 Å². The van der Waals surface area contributed by atoms with Crippen molar-refractivity contribution in [2.75, 3.05) is 26.2 Å². The highest BCUT2D eigenvalue weighted by molar-refractivity contribution is 5.78. The van der Waals surface area contributed by atoms with Gasteiger partial charge in [0, 0.05) is 31.2 Å². The van der Waals surface area contributed by atoms with Gasteiger partial charge in [-0.1, -0.05) is 0 Å². The SMILES string of the molecule is CC1CN(CC(=O)NC(C)(C)C)CCN1. The van der Waals surface area contributed by atoms with Gasteiger partial charge in [0.05, 0.1) is 6.54 Å². The van der Waals surface area contributed by atoms with Crippen LogP contribution in [0.15, 0.2) is 0 Å². The molecule has 1 atom stereocenters. The van der Waals surface area contributed by atoms with Crippen molar-refractivity contribution >= 4 is 5.91 Å². The topological polar surface area (TPSA) is 44.4 Å². The Bertz CT molecular complexity index is 222. The summed E-state index contributed by atoms with van der Waals surface area (Å²) < 4.78 is 0. The Morgan fingerprint density at radius 1 is 1.53 bits per heavy atom. The van der Waals surface area contributed by atoms with Crippen molar-refractivity contribution in [2.45, 2.75) is 39.3 Å². The number of piperazine rings is 1. The molecule has 1 unspecified atom stereocenters. The first kappa shape index (κ1) is 12.5. The normalized spacial score (nSPS) is 23.9. The van der Waals surface area contributed by atoms with E-state index in [4.69, 9.17) is 0 Å². The van der Waals surface area contributed by atoms with Crippen molar-refractivity contribution in [3.05, 3.63) is 0 Å². The first-order valence-corrected chi connectivity index (χ1v) is 5.63. The lowest BCUT2D eigenvalue weighted by Crippen LogP contribution is -2.53. The van der Waals surface area contributed by atoms with Gasteiger partial charge in [-0.05, 0) is 27.7 Å². The number of hydrogen-bond donors (Lipinski definition) is 2. The van der Waals surface area contributed by atoms with E-state index < -0.39 is 0 Å². The molecular formula is C11H23N3O. The Morgan fingerprint density at radius 3 is 2.73 bits per heavy atom. The van der Waals surface area contributed by atoms with Crippen LogP contribution in [0.2, 0.25) is 0 Å². The van der Waals surface area contributed by atoms with Crippen LogP contribution in [-0.4, -0.2) is 48.6 Å². The maximum absolute atomic E-state index is 11.7. The van der Waals surface area contributed by atoms with Crippen LogP contribution in [0.3, 0.4) is 0 Å². The number of carbonyl (C=O) groups is 1. The molecule has 0 aromatic carbocycles. The van der Waals surface area contributed by atoms with Crippen LogP contribution in [0.5, 0.6) is 0 Å². The lowest BCUT2D eigenvalue weighted by molar-refractivity contribution is -0.123. The molecule has 1 aliphatic rings. The Labute approximate surface area is 92.4 Å². The molecule has 15 heavy (non-hydrogen) atoms. The summed E-state index contributed by atoms with van der Waals surface area (Å²) in [6.45, 7) is 11.6. The summed E-state index contributed by atoms with van der Waals surface area (Å²) in [6.07, 6.45) is 0. The molecule has 2 N–H and O–H groups in total. The molecule has 88 valence electrons. The van der Waals surface area contributed by atoms with Gasteiger partial charge >= 0.3 is 0 Å². The monoisotopic (exact) mass is 213 g/mol. The van der Waals surface area contributed by atoms with Gasteiger partial charge in [0.2, 0.25) is 5.91 Å². The number of amides is 1. The number of nitrogens with zero attached hydrogens (tertiary/aromatic N) is 1. The Kier molecular flexibility index (Phi) is 4.11. The van der Waals surface area contributed by atoms with E-state index in [-0.39, 0.29) is 11.4 Å². The van der Waals surface area contributed by atoms with E-state index in [1.165, 1.54) is 0 Å². The van der Waals surface area contributed by atoms with E-state index >= 15 is 0 Å². The van der Waals surface area contributed by atoms with Gasteiger partial charge in [-0.15, -0.1) is 0 Å². The van der Waals surface area contributed by atoms with Crippen molar-refractivity contribution < 1.29 is 4.79 Å². The molecule has 1 rings (SSSR count). The standard InChI is InChI=1S/C11H23N3O/c1-9-7-14(6-5-12-9)8-10(15)13-11(2,3)4/h9,12H,5-8H2,1-4H3,(H,13,15). The summed E-state index contributed by atoms with van der Waals surface area (Å²) in [4.78, 5) is 13.9. The molecule has 1 fully saturated rings. The molecule has 1 aliphatic heterocycles. The van der Waals surface area contributed by atoms with Crippen LogP contribution in [0.25, 0.3) is 0 Å². The molecule has 1 amide bonds. The predicted molar refractivity (Wildman–Crippen MR) is 61.8 cm³/mol. The van der Waals surface area contributed by atoms with Gasteiger partial charge in [-0.25, -0.2) is 0 Å². The Hall–Kier alpha value is -0.610. The maximum atomic E-state index is 11.7. The molecule has 4 heteroatoms. The largest absolute Gasteiger partial charge is 0.350 e. The highest BCUT2D eigenvalue weighted by Gasteiger charge is 2.20. The van der Waals surface area contributed by atoms with Crippen LogP contribution >= 0.6 is 0 Å². The average Bonchev–Trinajstić information content (AvgIpc) is 1.99. The molecular weight excluding hydrogens is 190 g/mol. The molecule has 1 heterocycles. The second kappa shape index (κ2) is 4.94.